The first-order valence-corrected chi connectivity index (χ1v) is 11.7. The van der Waals surface area contributed by atoms with Crippen molar-refractivity contribution < 1.29 is 22.6 Å². The van der Waals surface area contributed by atoms with E-state index in [1.54, 1.807) is 7.11 Å². The molecule has 1 heterocycles. The van der Waals surface area contributed by atoms with E-state index in [2.05, 4.69) is 30.7 Å². The maximum absolute atomic E-state index is 12.4. The summed E-state index contributed by atoms with van der Waals surface area (Å²) in [6.07, 6.45) is -3.26. The number of hydrogen-bond acceptors (Lipinski definition) is 6. The maximum atomic E-state index is 12.4. The minimum absolute atomic E-state index is 0.309. The van der Waals surface area contributed by atoms with Gasteiger partial charge in [0.15, 0.2) is 10.9 Å². The summed E-state index contributed by atoms with van der Waals surface area (Å²) in [5.74, 6) is 0.913. The van der Waals surface area contributed by atoms with Crippen LogP contribution in [0, 0.1) is 6.92 Å². The summed E-state index contributed by atoms with van der Waals surface area (Å²) in [5, 5.41) is 12.2. The van der Waals surface area contributed by atoms with Crippen molar-refractivity contribution >= 4 is 28.7 Å². The van der Waals surface area contributed by atoms with Crippen LogP contribution in [0.5, 0.6) is 11.5 Å². The zero-order valence-corrected chi connectivity index (χ0v) is 21.4. The number of benzene rings is 3. The normalized spacial score (nSPS) is 11.7. The Morgan fingerprint density at radius 1 is 1.00 bits per heavy atom. The standard InChI is InChI=1S/C26H23F3N6O2S/c1-16-14-22(36-3)12-13-23(16)31-25(38)33-32-17(2)18-4-6-19(7-5-18)24-30-15-35(34-24)20-8-10-21(11-9-20)37-26(27,28)29/h4-15H,1-3H3,(H2,31,33,38)/b32-17+. The molecule has 0 bridgehead atoms. The van der Waals surface area contributed by atoms with Crippen LogP contribution in [0.3, 0.4) is 0 Å². The van der Waals surface area contributed by atoms with Gasteiger partial charge in [-0.05, 0) is 79.7 Å². The smallest absolute Gasteiger partial charge is 0.497 e. The number of thiocarbonyl (C=S) groups is 1. The number of hydrogen-bond donors (Lipinski definition) is 2. The molecule has 0 unspecified atom stereocenters. The second kappa shape index (κ2) is 11.3. The molecule has 0 saturated carbocycles. The lowest BCUT2D eigenvalue weighted by Gasteiger charge is -2.11. The molecule has 0 atom stereocenters. The fraction of sp³-hybridized carbons (Fsp3) is 0.154. The number of aryl methyl sites for hydroxylation is 1. The summed E-state index contributed by atoms with van der Waals surface area (Å²) in [6, 6.07) is 18.4. The van der Waals surface area contributed by atoms with Gasteiger partial charge >= 0.3 is 6.36 Å². The predicted octanol–water partition coefficient (Wildman–Crippen LogP) is 5.86. The average Bonchev–Trinajstić information content (AvgIpc) is 3.38. The van der Waals surface area contributed by atoms with Crippen LogP contribution in [0.15, 0.2) is 78.2 Å². The Labute approximate surface area is 222 Å². The lowest BCUT2D eigenvalue weighted by molar-refractivity contribution is -0.274. The van der Waals surface area contributed by atoms with Crippen molar-refractivity contribution in [2.24, 2.45) is 5.10 Å². The van der Waals surface area contributed by atoms with Crippen LogP contribution >= 0.6 is 12.2 Å². The molecule has 2 N–H and O–H groups in total. The third kappa shape index (κ3) is 6.85. The summed E-state index contributed by atoms with van der Waals surface area (Å²) in [4.78, 5) is 4.30. The van der Waals surface area contributed by atoms with Gasteiger partial charge in [0.1, 0.15) is 17.8 Å². The van der Waals surface area contributed by atoms with Crippen molar-refractivity contribution in [2.75, 3.05) is 12.4 Å². The molecule has 196 valence electrons. The van der Waals surface area contributed by atoms with Crippen molar-refractivity contribution in [1.29, 1.82) is 0 Å². The number of anilines is 1. The summed E-state index contributed by atoms with van der Waals surface area (Å²) in [6.45, 7) is 3.80. The Balaban J connectivity index is 1.38. The van der Waals surface area contributed by atoms with Crippen LogP contribution in [0.1, 0.15) is 18.1 Å². The number of hydrazone groups is 1. The minimum Gasteiger partial charge on any atom is -0.497 e. The SMILES string of the molecule is COc1ccc(NC(=S)N/N=C(\C)c2ccc(-c3ncn(-c4ccc(OC(F)(F)F)cc4)n3)cc2)c(C)c1. The highest BCUT2D eigenvalue weighted by atomic mass is 32.1. The van der Waals surface area contributed by atoms with Gasteiger partial charge in [-0.15, -0.1) is 18.3 Å². The quantitative estimate of drug-likeness (QED) is 0.173. The predicted molar refractivity (Wildman–Crippen MR) is 143 cm³/mol. The number of nitrogens with zero attached hydrogens (tertiary/aromatic N) is 4. The molecule has 0 saturated heterocycles. The number of rotatable bonds is 7. The van der Waals surface area contributed by atoms with Crippen molar-refractivity contribution in [1.82, 2.24) is 20.2 Å². The van der Waals surface area contributed by atoms with Crippen LogP contribution < -0.4 is 20.2 Å². The molecule has 0 fully saturated rings. The number of aromatic nitrogens is 3. The molecule has 0 aliphatic rings. The fourth-order valence-corrected chi connectivity index (χ4v) is 3.59. The van der Waals surface area contributed by atoms with E-state index in [1.807, 2.05) is 56.3 Å². The van der Waals surface area contributed by atoms with E-state index in [-0.39, 0.29) is 5.75 Å². The second-order valence-electron chi connectivity index (χ2n) is 8.08. The zero-order chi connectivity index (χ0) is 27.3. The van der Waals surface area contributed by atoms with Gasteiger partial charge in [0, 0.05) is 11.3 Å². The molecule has 1 aromatic heterocycles. The molecule has 0 aliphatic carbocycles. The molecule has 0 radical (unpaired) electrons. The van der Waals surface area contributed by atoms with E-state index >= 15 is 0 Å². The lowest BCUT2D eigenvalue weighted by Crippen LogP contribution is -2.25. The highest BCUT2D eigenvalue weighted by Gasteiger charge is 2.31. The van der Waals surface area contributed by atoms with Gasteiger partial charge in [0.25, 0.3) is 0 Å². The first-order valence-electron chi connectivity index (χ1n) is 11.3. The van der Waals surface area contributed by atoms with E-state index in [9.17, 15) is 13.2 Å². The number of alkyl halides is 3. The van der Waals surface area contributed by atoms with Crippen molar-refractivity contribution in [3.63, 3.8) is 0 Å². The van der Waals surface area contributed by atoms with E-state index in [4.69, 9.17) is 17.0 Å². The topological polar surface area (TPSA) is 85.6 Å². The molecular formula is C26H23F3N6O2S. The van der Waals surface area contributed by atoms with Crippen molar-refractivity contribution in [2.45, 2.75) is 20.2 Å². The van der Waals surface area contributed by atoms with E-state index in [0.717, 1.165) is 28.1 Å². The molecule has 0 aliphatic heterocycles. The van der Waals surface area contributed by atoms with E-state index in [1.165, 1.54) is 35.3 Å². The van der Waals surface area contributed by atoms with Gasteiger partial charge in [-0.2, -0.15) is 5.10 Å². The van der Waals surface area contributed by atoms with E-state index < -0.39 is 6.36 Å². The van der Waals surface area contributed by atoms with Gasteiger partial charge in [0.05, 0.1) is 18.5 Å². The molecular weight excluding hydrogens is 517 g/mol. The largest absolute Gasteiger partial charge is 0.573 e. The molecule has 3 aromatic carbocycles. The molecule has 38 heavy (non-hydrogen) atoms. The van der Waals surface area contributed by atoms with Crippen LogP contribution in [0.2, 0.25) is 0 Å². The molecule has 0 amide bonds. The minimum atomic E-state index is -4.74. The van der Waals surface area contributed by atoms with Crippen LogP contribution in [0.25, 0.3) is 17.1 Å². The second-order valence-corrected chi connectivity index (χ2v) is 8.48. The van der Waals surface area contributed by atoms with Crippen LogP contribution in [-0.2, 0) is 0 Å². The van der Waals surface area contributed by atoms with Gasteiger partial charge in [-0.25, -0.2) is 9.67 Å². The Bertz CT molecular complexity index is 1450. The summed E-state index contributed by atoms with van der Waals surface area (Å²) in [5.41, 5.74) is 7.55. The zero-order valence-electron chi connectivity index (χ0n) is 20.6. The van der Waals surface area contributed by atoms with E-state index in [0.29, 0.717) is 22.3 Å². The Hall–Kier alpha value is -4.45. The lowest BCUT2D eigenvalue weighted by atomic mass is 10.1. The summed E-state index contributed by atoms with van der Waals surface area (Å²) in [7, 11) is 1.62. The summed E-state index contributed by atoms with van der Waals surface area (Å²) < 4.78 is 47.6. The number of methoxy groups -OCH3 is 1. The number of ether oxygens (including phenoxy) is 2. The van der Waals surface area contributed by atoms with Gasteiger partial charge < -0.3 is 14.8 Å². The highest BCUT2D eigenvalue weighted by molar-refractivity contribution is 7.80. The van der Waals surface area contributed by atoms with Crippen LogP contribution in [-0.4, -0.2) is 39.1 Å². The fourth-order valence-electron chi connectivity index (χ4n) is 3.43. The van der Waals surface area contributed by atoms with Crippen molar-refractivity contribution in [3.05, 3.63) is 84.2 Å². The third-order valence-corrected chi connectivity index (χ3v) is 5.59. The van der Waals surface area contributed by atoms with Gasteiger partial charge in [-0.1, -0.05) is 24.3 Å². The first-order chi connectivity index (χ1) is 18.1. The molecule has 0 spiro atoms. The summed E-state index contributed by atoms with van der Waals surface area (Å²) >= 11 is 5.35. The molecule has 4 rings (SSSR count). The number of nitrogens with one attached hydrogen (secondary N) is 2. The van der Waals surface area contributed by atoms with Gasteiger partial charge in [0.2, 0.25) is 0 Å². The van der Waals surface area contributed by atoms with Crippen molar-refractivity contribution in [3.8, 4) is 28.6 Å². The molecule has 12 heteroatoms. The number of halogens is 3. The Morgan fingerprint density at radius 3 is 2.32 bits per heavy atom. The Kier molecular flexibility index (Phi) is 7.91. The third-order valence-electron chi connectivity index (χ3n) is 5.39. The monoisotopic (exact) mass is 540 g/mol. The molecule has 4 aromatic rings. The Morgan fingerprint density at radius 2 is 1.68 bits per heavy atom. The maximum Gasteiger partial charge on any atom is 0.573 e. The highest BCUT2D eigenvalue weighted by Crippen LogP contribution is 2.24. The first kappa shape index (κ1) is 26.6. The van der Waals surface area contributed by atoms with Gasteiger partial charge in [-0.3, -0.25) is 5.43 Å². The molecule has 8 nitrogen and oxygen atoms in total. The average molecular weight is 541 g/mol. The van der Waals surface area contributed by atoms with Crippen LogP contribution in [0.4, 0.5) is 18.9 Å².